The molecule has 0 aromatic heterocycles. The molecule has 0 unspecified atom stereocenters. The Morgan fingerprint density at radius 1 is 0.944 bits per heavy atom. The van der Waals surface area contributed by atoms with Crippen LogP contribution in [0.4, 0.5) is 0 Å². The Morgan fingerprint density at radius 2 is 1.50 bits per heavy atom. The van der Waals surface area contributed by atoms with E-state index in [-0.39, 0.29) is 17.9 Å². The summed E-state index contributed by atoms with van der Waals surface area (Å²) in [5, 5.41) is 0. The lowest BCUT2D eigenvalue weighted by Gasteiger charge is -2.34. The largest absolute Gasteiger partial charge is 0.462 e. The average molecular weight is 252 g/mol. The van der Waals surface area contributed by atoms with E-state index in [0.717, 1.165) is 44.9 Å². The van der Waals surface area contributed by atoms with Gasteiger partial charge in [0, 0.05) is 0 Å². The van der Waals surface area contributed by atoms with Gasteiger partial charge in [-0.1, -0.05) is 25.7 Å². The van der Waals surface area contributed by atoms with Crippen LogP contribution in [0.1, 0.15) is 71.1 Å². The molecule has 0 amide bonds. The molecule has 0 aromatic rings. The molecule has 3 nitrogen and oxygen atoms in total. The zero-order valence-electron chi connectivity index (χ0n) is 11.4. The summed E-state index contributed by atoms with van der Waals surface area (Å²) in [4.78, 5) is 24.3. The Balaban J connectivity index is 2.01. The van der Waals surface area contributed by atoms with Crippen molar-refractivity contribution in [3.63, 3.8) is 0 Å². The number of ether oxygens (including phenoxy) is 1. The molecule has 102 valence electrons. The Morgan fingerprint density at radius 3 is 2.06 bits per heavy atom. The number of Topliss-reactive ketones (excluding diaryl/α,β-unsaturated/α-hetero) is 1. The Hall–Kier alpha value is -0.860. The molecule has 0 bridgehead atoms. The van der Waals surface area contributed by atoms with Crippen molar-refractivity contribution in [3.05, 3.63) is 0 Å². The molecule has 0 N–H and O–H groups in total. The lowest BCUT2D eigenvalue weighted by molar-refractivity contribution is -0.168. The summed E-state index contributed by atoms with van der Waals surface area (Å²) in [5.74, 6) is -0.232. The lowest BCUT2D eigenvalue weighted by Crippen LogP contribution is -2.42. The first kappa shape index (κ1) is 13.6. The van der Waals surface area contributed by atoms with Crippen molar-refractivity contribution in [2.75, 3.05) is 0 Å². The number of carbonyl (C=O) groups excluding carboxylic acids is 2. The van der Waals surface area contributed by atoms with E-state index in [0.29, 0.717) is 12.8 Å². The van der Waals surface area contributed by atoms with Crippen molar-refractivity contribution >= 4 is 11.8 Å². The van der Waals surface area contributed by atoms with E-state index in [1.54, 1.807) is 6.92 Å². The molecule has 2 aliphatic rings. The fourth-order valence-corrected chi connectivity index (χ4v) is 3.30. The molecule has 0 aromatic carbocycles. The Bertz CT molecular complexity index is 310. The van der Waals surface area contributed by atoms with Crippen molar-refractivity contribution in [2.45, 2.75) is 77.2 Å². The number of esters is 1. The van der Waals surface area contributed by atoms with E-state index in [9.17, 15) is 9.59 Å². The van der Waals surface area contributed by atoms with Crippen molar-refractivity contribution in [2.24, 2.45) is 5.41 Å². The van der Waals surface area contributed by atoms with Gasteiger partial charge in [0.2, 0.25) is 0 Å². The molecule has 0 aliphatic heterocycles. The smallest absolute Gasteiger partial charge is 0.319 e. The van der Waals surface area contributed by atoms with Crippen LogP contribution in [0.2, 0.25) is 0 Å². The first-order valence-corrected chi connectivity index (χ1v) is 7.37. The standard InChI is InChI=1S/C15H24O3/c1-12(16)15(10-6-3-7-11-15)14(17)18-13-8-4-2-5-9-13/h13H,2-11H2,1H3. The maximum Gasteiger partial charge on any atom is 0.319 e. The van der Waals surface area contributed by atoms with Gasteiger partial charge in [0.25, 0.3) is 0 Å². The second-order valence-corrected chi connectivity index (χ2v) is 5.86. The fraction of sp³-hybridized carbons (Fsp3) is 0.867. The molecule has 0 spiro atoms. The van der Waals surface area contributed by atoms with Crippen LogP contribution in [0.3, 0.4) is 0 Å². The van der Waals surface area contributed by atoms with E-state index in [4.69, 9.17) is 4.74 Å². The van der Waals surface area contributed by atoms with Crippen LogP contribution in [0.5, 0.6) is 0 Å². The summed E-state index contributed by atoms with van der Waals surface area (Å²) in [7, 11) is 0. The minimum absolute atomic E-state index is 0.00279. The monoisotopic (exact) mass is 252 g/mol. The SMILES string of the molecule is CC(=O)C1(C(=O)OC2CCCCC2)CCCCC1. The molecule has 0 atom stereocenters. The third-order valence-corrected chi connectivity index (χ3v) is 4.60. The van der Waals surface area contributed by atoms with E-state index >= 15 is 0 Å². The predicted octanol–water partition coefficient (Wildman–Crippen LogP) is 3.40. The molecule has 0 saturated heterocycles. The van der Waals surface area contributed by atoms with E-state index in [2.05, 4.69) is 0 Å². The van der Waals surface area contributed by atoms with Gasteiger partial charge >= 0.3 is 5.97 Å². The van der Waals surface area contributed by atoms with Gasteiger partial charge in [-0.05, 0) is 45.4 Å². The minimum atomic E-state index is -0.810. The number of ketones is 1. The van der Waals surface area contributed by atoms with Crippen LogP contribution >= 0.6 is 0 Å². The van der Waals surface area contributed by atoms with Crippen LogP contribution in [0, 0.1) is 5.41 Å². The van der Waals surface area contributed by atoms with Crippen LogP contribution in [0.25, 0.3) is 0 Å². The number of hydrogen-bond acceptors (Lipinski definition) is 3. The van der Waals surface area contributed by atoms with Gasteiger partial charge in [-0.25, -0.2) is 0 Å². The molecular formula is C15H24O3. The number of hydrogen-bond donors (Lipinski definition) is 0. The highest BCUT2D eigenvalue weighted by molar-refractivity contribution is 6.02. The second-order valence-electron chi connectivity index (χ2n) is 5.86. The molecule has 2 saturated carbocycles. The predicted molar refractivity (Wildman–Crippen MR) is 69.2 cm³/mol. The third kappa shape index (κ3) is 2.76. The van der Waals surface area contributed by atoms with Gasteiger partial charge in [-0.3, -0.25) is 9.59 Å². The summed E-state index contributed by atoms with van der Waals surface area (Å²) >= 11 is 0. The number of rotatable bonds is 3. The minimum Gasteiger partial charge on any atom is -0.462 e. The topological polar surface area (TPSA) is 43.4 Å². The molecule has 2 rings (SSSR count). The van der Waals surface area contributed by atoms with E-state index < -0.39 is 5.41 Å². The number of carbonyl (C=O) groups is 2. The first-order chi connectivity index (χ1) is 8.65. The molecule has 3 heteroatoms. The average Bonchev–Trinajstić information content (AvgIpc) is 2.40. The van der Waals surface area contributed by atoms with Crippen molar-refractivity contribution < 1.29 is 14.3 Å². The van der Waals surface area contributed by atoms with E-state index in [1.165, 1.54) is 6.42 Å². The van der Waals surface area contributed by atoms with Crippen LogP contribution < -0.4 is 0 Å². The molecule has 18 heavy (non-hydrogen) atoms. The Kier molecular flexibility index (Phi) is 4.41. The van der Waals surface area contributed by atoms with Crippen LogP contribution in [-0.2, 0) is 14.3 Å². The highest BCUT2D eigenvalue weighted by Gasteiger charge is 2.46. The summed E-state index contributed by atoms with van der Waals surface area (Å²) in [6.07, 6.45) is 9.98. The zero-order chi connectivity index (χ0) is 13.0. The summed E-state index contributed by atoms with van der Waals surface area (Å²) < 4.78 is 5.64. The van der Waals surface area contributed by atoms with Crippen LogP contribution in [-0.4, -0.2) is 17.9 Å². The van der Waals surface area contributed by atoms with Crippen molar-refractivity contribution in [3.8, 4) is 0 Å². The highest BCUT2D eigenvalue weighted by Crippen LogP contribution is 2.39. The van der Waals surface area contributed by atoms with Crippen molar-refractivity contribution in [1.29, 1.82) is 0 Å². The zero-order valence-corrected chi connectivity index (χ0v) is 11.4. The van der Waals surface area contributed by atoms with Gasteiger partial charge in [0.1, 0.15) is 17.3 Å². The summed E-state index contributed by atoms with van der Waals surface area (Å²) in [5.41, 5.74) is -0.810. The fourth-order valence-electron chi connectivity index (χ4n) is 3.30. The summed E-state index contributed by atoms with van der Waals surface area (Å²) in [6, 6.07) is 0. The quantitative estimate of drug-likeness (QED) is 0.571. The maximum atomic E-state index is 12.4. The van der Waals surface area contributed by atoms with Gasteiger partial charge in [-0.2, -0.15) is 0 Å². The third-order valence-electron chi connectivity index (χ3n) is 4.60. The molecule has 2 aliphatic carbocycles. The molecular weight excluding hydrogens is 228 g/mol. The summed E-state index contributed by atoms with van der Waals surface area (Å²) in [6.45, 7) is 1.55. The van der Waals surface area contributed by atoms with Crippen LogP contribution in [0.15, 0.2) is 0 Å². The van der Waals surface area contributed by atoms with Crippen molar-refractivity contribution in [1.82, 2.24) is 0 Å². The normalized spacial score (nSPS) is 24.5. The highest BCUT2D eigenvalue weighted by atomic mass is 16.5. The van der Waals surface area contributed by atoms with Gasteiger partial charge < -0.3 is 4.74 Å². The Labute approximate surface area is 109 Å². The first-order valence-electron chi connectivity index (χ1n) is 7.37. The second kappa shape index (κ2) is 5.85. The molecule has 0 radical (unpaired) electrons. The van der Waals surface area contributed by atoms with Gasteiger partial charge in [0.15, 0.2) is 0 Å². The molecule has 2 fully saturated rings. The van der Waals surface area contributed by atoms with Gasteiger partial charge in [-0.15, -0.1) is 0 Å². The molecule has 0 heterocycles. The van der Waals surface area contributed by atoms with E-state index in [1.807, 2.05) is 0 Å². The maximum absolute atomic E-state index is 12.4. The van der Waals surface area contributed by atoms with Gasteiger partial charge in [0.05, 0.1) is 0 Å². The lowest BCUT2D eigenvalue weighted by atomic mass is 9.71.